The molecule has 1 heterocycles. The van der Waals surface area contributed by atoms with Gasteiger partial charge in [0.15, 0.2) is 0 Å². The smallest absolute Gasteiger partial charge is 0.316 e. The first-order valence-corrected chi connectivity index (χ1v) is 8.43. The number of benzene rings is 2. The molecule has 0 unspecified atom stereocenters. The zero-order chi connectivity index (χ0) is 18.3. The molecule has 0 spiro atoms. The van der Waals surface area contributed by atoms with Gasteiger partial charge in [-0.2, -0.15) is 9.97 Å². The van der Waals surface area contributed by atoms with Gasteiger partial charge in [0.25, 0.3) is 5.69 Å². The Morgan fingerprint density at radius 3 is 2.62 bits per heavy atom. The number of hydrogen-bond acceptors (Lipinski definition) is 6. The van der Waals surface area contributed by atoms with Gasteiger partial charge in [0.2, 0.25) is 0 Å². The number of hydrogen-bond donors (Lipinski definition) is 1. The minimum absolute atomic E-state index is 0.0110. The molecular formula is C19H18N4O3. The molecule has 1 aliphatic carbocycles. The van der Waals surface area contributed by atoms with Crippen LogP contribution in [0.1, 0.15) is 35.6 Å². The summed E-state index contributed by atoms with van der Waals surface area (Å²) in [6, 6.07) is 11.8. The molecule has 1 fully saturated rings. The van der Waals surface area contributed by atoms with Crippen LogP contribution in [-0.2, 0) is 6.42 Å². The molecule has 4 rings (SSSR count). The lowest BCUT2D eigenvalue weighted by atomic mass is 9.99. The van der Waals surface area contributed by atoms with Crippen molar-refractivity contribution in [1.29, 1.82) is 0 Å². The van der Waals surface area contributed by atoms with Gasteiger partial charge in [0, 0.05) is 12.0 Å². The van der Waals surface area contributed by atoms with Gasteiger partial charge in [-0.15, -0.1) is 0 Å². The van der Waals surface area contributed by atoms with E-state index in [4.69, 9.17) is 10.5 Å². The third-order valence-electron chi connectivity index (χ3n) is 4.68. The van der Waals surface area contributed by atoms with Crippen LogP contribution in [0.2, 0.25) is 0 Å². The lowest BCUT2D eigenvalue weighted by Gasteiger charge is -2.13. The Kier molecular flexibility index (Phi) is 3.91. The molecule has 7 heteroatoms. The van der Waals surface area contributed by atoms with E-state index in [-0.39, 0.29) is 28.2 Å². The van der Waals surface area contributed by atoms with Crippen molar-refractivity contribution < 1.29 is 9.66 Å². The summed E-state index contributed by atoms with van der Waals surface area (Å²) >= 11 is 0. The van der Waals surface area contributed by atoms with Crippen LogP contribution in [0.25, 0.3) is 10.9 Å². The number of nitro groups is 1. The molecule has 132 valence electrons. The molecule has 26 heavy (non-hydrogen) atoms. The highest BCUT2D eigenvalue weighted by atomic mass is 16.6. The fourth-order valence-electron chi connectivity index (χ4n) is 3.31. The van der Waals surface area contributed by atoms with Crippen molar-refractivity contribution in [2.45, 2.75) is 25.2 Å². The van der Waals surface area contributed by atoms with Crippen molar-refractivity contribution in [1.82, 2.24) is 9.97 Å². The second-order valence-corrected chi connectivity index (χ2v) is 6.47. The second-order valence-electron chi connectivity index (χ2n) is 6.47. The zero-order valence-electron chi connectivity index (χ0n) is 14.3. The first-order valence-electron chi connectivity index (χ1n) is 8.43. The van der Waals surface area contributed by atoms with Crippen molar-refractivity contribution in [3.05, 3.63) is 63.3 Å². The Bertz CT molecular complexity index is 1000. The fraction of sp³-hybridized carbons (Fsp3) is 0.263. The molecular weight excluding hydrogens is 332 g/mol. The van der Waals surface area contributed by atoms with Gasteiger partial charge in [0.05, 0.1) is 28.6 Å². The average molecular weight is 350 g/mol. The summed E-state index contributed by atoms with van der Waals surface area (Å²) in [7, 11) is 1.50. The van der Waals surface area contributed by atoms with Crippen LogP contribution in [0.4, 0.5) is 11.4 Å². The highest BCUT2D eigenvalue weighted by Gasteiger charge is 2.34. The van der Waals surface area contributed by atoms with Crippen molar-refractivity contribution >= 4 is 22.3 Å². The standard InChI is InChI=1S/C19H18N4O3/c1-26-19-21-14(9-11-5-3-2-4-6-11)16-15(22-19)10-13(12-7-8-12)18(17(16)20)23(24)25/h2-6,10,12H,7-9,20H2,1H3. The predicted octanol–water partition coefficient (Wildman–Crippen LogP) is 3.60. The SMILES string of the molecule is COc1nc(Cc2ccccc2)c2c(N)c([N+](=O)[O-])c(C3CC3)cc2n1. The second kappa shape index (κ2) is 6.25. The number of rotatable bonds is 5. The normalized spacial score (nSPS) is 13.7. The Morgan fingerprint density at radius 1 is 1.27 bits per heavy atom. The summed E-state index contributed by atoms with van der Waals surface area (Å²) in [4.78, 5) is 20.1. The Morgan fingerprint density at radius 2 is 2.00 bits per heavy atom. The van der Waals surface area contributed by atoms with E-state index in [0.29, 0.717) is 28.6 Å². The van der Waals surface area contributed by atoms with Crippen LogP contribution < -0.4 is 10.5 Å². The highest BCUT2D eigenvalue weighted by molar-refractivity contribution is 5.98. The van der Waals surface area contributed by atoms with Gasteiger partial charge in [0.1, 0.15) is 5.69 Å². The number of nitro benzene ring substituents is 1. The Hall–Kier alpha value is -3.22. The summed E-state index contributed by atoms with van der Waals surface area (Å²) in [6.07, 6.45) is 2.36. The maximum absolute atomic E-state index is 11.7. The van der Waals surface area contributed by atoms with E-state index < -0.39 is 0 Å². The molecule has 0 radical (unpaired) electrons. The zero-order valence-corrected chi connectivity index (χ0v) is 14.3. The van der Waals surface area contributed by atoms with Crippen LogP contribution in [0, 0.1) is 10.1 Å². The molecule has 1 saturated carbocycles. The number of nitrogens with zero attached hydrogens (tertiary/aromatic N) is 3. The molecule has 1 aromatic heterocycles. The van der Waals surface area contributed by atoms with E-state index in [1.54, 1.807) is 6.07 Å². The van der Waals surface area contributed by atoms with Crippen LogP contribution in [-0.4, -0.2) is 22.0 Å². The summed E-state index contributed by atoms with van der Waals surface area (Å²) in [5, 5.41) is 12.2. The molecule has 7 nitrogen and oxygen atoms in total. The number of nitrogens with two attached hydrogens (primary N) is 1. The summed E-state index contributed by atoms with van der Waals surface area (Å²) in [5.41, 5.74) is 9.31. The highest BCUT2D eigenvalue weighted by Crippen LogP contribution is 2.48. The quantitative estimate of drug-likeness (QED) is 0.428. The molecule has 3 aromatic rings. The first kappa shape index (κ1) is 16.3. The number of fused-ring (bicyclic) bond motifs is 1. The largest absolute Gasteiger partial charge is 0.467 e. The molecule has 0 bridgehead atoms. The van der Waals surface area contributed by atoms with Gasteiger partial charge in [-0.25, -0.2) is 0 Å². The van der Waals surface area contributed by atoms with Crippen LogP contribution in [0.5, 0.6) is 6.01 Å². The van der Waals surface area contributed by atoms with Gasteiger partial charge in [-0.3, -0.25) is 10.1 Å². The fourth-order valence-corrected chi connectivity index (χ4v) is 3.31. The van der Waals surface area contributed by atoms with Gasteiger partial charge >= 0.3 is 6.01 Å². The van der Waals surface area contributed by atoms with Gasteiger partial charge in [-0.05, 0) is 30.4 Å². The molecule has 2 N–H and O–H groups in total. The van der Waals surface area contributed by atoms with E-state index in [0.717, 1.165) is 18.4 Å². The Labute approximate surface area is 150 Å². The van der Waals surface area contributed by atoms with Gasteiger partial charge in [-0.1, -0.05) is 30.3 Å². The lowest BCUT2D eigenvalue weighted by Crippen LogP contribution is -2.06. The number of anilines is 1. The minimum atomic E-state index is -0.390. The average Bonchev–Trinajstić information content (AvgIpc) is 3.46. The van der Waals surface area contributed by atoms with E-state index in [9.17, 15) is 10.1 Å². The maximum atomic E-state index is 11.7. The van der Waals surface area contributed by atoms with Crippen molar-refractivity contribution in [2.24, 2.45) is 0 Å². The summed E-state index contributed by atoms with van der Waals surface area (Å²) < 4.78 is 5.24. The molecule has 1 aliphatic rings. The predicted molar refractivity (Wildman–Crippen MR) is 98.4 cm³/mol. The third-order valence-corrected chi connectivity index (χ3v) is 4.68. The third kappa shape index (κ3) is 2.81. The number of ether oxygens (including phenoxy) is 1. The minimum Gasteiger partial charge on any atom is -0.467 e. The molecule has 0 atom stereocenters. The van der Waals surface area contributed by atoms with E-state index in [1.807, 2.05) is 30.3 Å². The van der Waals surface area contributed by atoms with Crippen molar-refractivity contribution in [2.75, 3.05) is 12.8 Å². The summed E-state index contributed by atoms with van der Waals surface area (Å²) in [5.74, 6) is 0.181. The van der Waals surface area contributed by atoms with Crippen molar-refractivity contribution in [3.63, 3.8) is 0 Å². The molecule has 0 amide bonds. The van der Waals surface area contributed by atoms with Crippen LogP contribution >= 0.6 is 0 Å². The van der Waals surface area contributed by atoms with Crippen molar-refractivity contribution in [3.8, 4) is 6.01 Å². The van der Waals surface area contributed by atoms with Gasteiger partial charge < -0.3 is 10.5 Å². The van der Waals surface area contributed by atoms with E-state index in [1.165, 1.54) is 7.11 Å². The Balaban J connectivity index is 1.97. The molecule has 2 aromatic carbocycles. The number of aromatic nitrogens is 2. The van der Waals surface area contributed by atoms with E-state index >= 15 is 0 Å². The van der Waals surface area contributed by atoms with Crippen LogP contribution in [0.3, 0.4) is 0 Å². The topological polar surface area (TPSA) is 104 Å². The monoisotopic (exact) mass is 350 g/mol. The van der Waals surface area contributed by atoms with E-state index in [2.05, 4.69) is 9.97 Å². The number of nitrogen functional groups attached to an aromatic ring is 1. The first-order chi connectivity index (χ1) is 12.6. The number of methoxy groups -OCH3 is 1. The summed E-state index contributed by atoms with van der Waals surface area (Å²) in [6.45, 7) is 0. The maximum Gasteiger partial charge on any atom is 0.316 e. The molecule has 0 saturated heterocycles. The molecule has 0 aliphatic heterocycles. The van der Waals surface area contributed by atoms with Crippen LogP contribution in [0.15, 0.2) is 36.4 Å². The lowest BCUT2D eigenvalue weighted by molar-refractivity contribution is -0.384.